The van der Waals surface area contributed by atoms with Crippen LogP contribution in [0.15, 0.2) is 36.4 Å². The standard InChI is InChI=1S/C21H21Cl2NO4/c22-16-5-3-14(12-17(16)23)2-1-9-24-21(26)8-6-18(25)15-4-7-19-20(13-15)28-11-10-27-19/h3-5,7,12-13H,1-2,6,8-11H2,(H,24,26). The largest absolute Gasteiger partial charge is 0.486 e. The number of Topliss-reactive ketones (excluding diaryl/α,β-unsaturated/α-hetero) is 1. The van der Waals surface area contributed by atoms with Gasteiger partial charge in [0.1, 0.15) is 13.2 Å². The fourth-order valence-electron chi connectivity index (χ4n) is 2.89. The van der Waals surface area contributed by atoms with Crippen molar-refractivity contribution in [2.45, 2.75) is 25.7 Å². The van der Waals surface area contributed by atoms with Crippen molar-refractivity contribution in [3.8, 4) is 11.5 Å². The average Bonchev–Trinajstić information content (AvgIpc) is 2.71. The van der Waals surface area contributed by atoms with Crippen LogP contribution in [0.2, 0.25) is 10.0 Å². The van der Waals surface area contributed by atoms with Crippen molar-refractivity contribution in [3.05, 3.63) is 57.6 Å². The van der Waals surface area contributed by atoms with E-state index in [4.69, 9.17) is 32.7 Å². The van der Waals surface area contributed by atoms with Gasteiger partial charge in [0.25, 0.3) is 0 Å². The molecule has 2 aromatic rings. The highest BCUT2D eigenvalue weighted by atomic mass is 35.5. The molecular formula is C21H21Cl2NO4. The third-order valence-electron chi connectivity index (χ3n) is 4.39. The smallest absolute Gasteiger partial charge is 0.220 e. The van der Waals surface area contributed by atoms with Crippen molar-refractivity contribution in [1.29, 1.82) is 0 Å². The first-order valence-corrected chi connectivity index (χ1v) is 9.92. The molecule has 0 atom stereocenters. The molecule has 1 N–H and O–H groups in total. The van der Waals surface area contributed by atoms with E-state index < -0.39 is 0 Å². The van der Waals surface area contributed by atoms with Crippen LogP contribution in [0, 0.1) is 0 Å². The van der Waals surface area contributed by atoms with Crippen LogP contribution >= 0.6 is 23.2 Å². The summed E-state index contributed by atoms with van der Waals surface area (Å²) < 4.78 is 10.9. The zero-order chi connectivity index (χ0) is 19.9. The zero-order valence-corrected chi connectivity index (χ0v) is 16.8. The summed E-state index contributed by atoms with van der Waals surface area (Å²) in [6.07, 6.45) is 1.87. The predicted molar refractivity (Wildman–Crippen MR) is 109 cm³/mol. The van der Waals surface area contributed by atoms with E-state index in [9.17, 15) is 9.59 Å². The molecule has 0 saturated carbocycles. The normalized spacial score (nSPS) is 12.5. The minimum Gasteiger partial charge on any atom is -0.486 e. The van der Waals surface area contributed by atoms with Gasteiger partial charge in [-0.3, -0.25) is 9.59 Å². The summed E-state index contributed by atoms with van der Waals surface area (Å²) in [4.78, 5) is 24.3. The Kier molecular flexibility index (Phi) is 7.18. The lowest BCUT2D eigenvalue weighted by molar-refractivity contribution is -0.121. The average molecular weight is 422 g/mol. The second-order valence-corrected chi connectivity index (χ2v) is 7.30. The molecular weight excluding hydrogens is 401 g/mol. The van der Waals surface area contributed by atoms with Gasteiger partial charge in [0.15, 0.2) is 17.3 Å². The number of hydrogen-bond acceptors (Lipinski definition) is 4. The monoisotopic (exact) mass is 421 g/mol. The lowest BCUT2D eigenvalue weighted by Crippen LogP contribution is -2.25. The van der Waals surface area contributed by atoms with E-state index in [1.807, 2.05) is 12.1 Å². The fraction of sp³-hybridized carbons (Fsp3) is 0.333. The number of ketones is 1. The molecule has 0 unspecified atom stereocenters. The first-order chi connectivity index (χ1) is 13.5. The molecule has 1 amide bonds. The number of carbonyl (C=O) groups excluding carboxylic acids is 2. The Morgan fingerprint density at radius 2 is 1.71 bits per heavy atom. The van der Waals surface area contributed by atoms with Crippen LogP contribution in [-0.2, 0) is 11.2 Å². The number of fused-ring (bicyclic) bond motifs is 1. The number of hydrogen-bond donors (Lipinski definition) is 1. The minimum absolute atomic E-state index is 0.0945. The molecule has 0 aromatic heterocycles. The summed E-state index contributed by atoms with van der Waals surface area (Å²) >= 11 is 11.9. The lowest BCUT2D eigenvalue weighted by Gasteiger charge is -2.18. The Balaban J connectivity index is 1.38. The topological polar surface area (TPSA) is 64.6 Å². The van der Waals surface area contributed by atoms with Gasteiger partial charge < -0.3 is 14.8 Å². The van der Waals surface area contributed by atoms with Crippen LogP contribution in [0.1, 0.15) is 35.2 Å². The molecule has 0 bridgehead atoms. The van der Waals surface area contributed by atoms with Gasteiger partial charge in [-0.05, 0) is 48.7 Å². The minimum atomic E-state index is -0.139. The van der Waals surface area contributed by atoms with E-state index >= 15 is 0 Å². The SMILES string of the molecule is O=C(CCC(=O)c1ccc2c(c1)OCCO2)NCCCc1ccc(Cl)c(Cl)c1. The number of rotatable bonds is 8. The highest BCUT2D eigenvalue weighted by molar-refractivity contribution is 6.42. The van der Waals surface area contributed by atoms with Crippen molar-refractivity contribution in [3.63, 3.8) is 0 Å². The van der Waals surface area contributed by atoms with Gasteiger partial charge in [-0.25, -0.2) is 0 Å². The molecule has 0 fully saturated rings. The van der Waals surface area contributed by atoms with Crippen LogP contribution in [0.4, 0.5) is 0 Å². The fourth-order valence-corrected chi connectivity index (χ4v) is 3.21. The molecule has 5 nitrogen and oxygen atoms in total. The number of amides is 1. The molecule has 1 heterocycles. The van der Waals surface area contributed by atoms with E-state index in [1.54, 1.807) is 24.3 Å². The Bertz CT molecular complexity index is 869. The zero-order valence-electron chi connectivity index (χ0n) is 15.3. The first-order valence-electron chi connectivity index (χ1n) is 9.16. The second-order valence-electron chi connectivity index (χ2n) is 6.48. The first kappa shape index (κ1) is 20.5. The molecule has 7 heteroatoms. The maximum Gasteiger partial charge on any atom is 0.220 e. The molecule has 0 saturated heterocycles. The lowest BCUT2D eigenvalue weighted by atomic mass is 10.1. The summed E-state index contributed by atoms with van der Waals surface area (Å²) in [6, 6.07) is 10.6. The number of nitrogens with one attached hydrogen (secondary N) is 1. The van der Waals surface area contributed by atoms with Gasteiger partial charge in [0.05, 0.1) is 10.0 Å². The van der Waals surface area contributed by atoms with Crippen molar-refractivity contribution in [2.24, 2.45) is 0 Å². The summed E-state index contributed by atoms with van der Waals surface area (Å²) in [5, 5.41) is 3.90. The molecule has 1 aliphatic rings. The van der Waals surface area contributed by atoms with Crippen molar-refractivity contribution in [2.75, 3.05) is 19.8 Å². The highest BCUT2D eigenvalue weighted by Gasteiger charge is 2.15. The van der Waals surface area contributed by atoms with E-state index in [0.29, 0.717) is 46.9 Å². The third kappa shape index (κ3) is 5.63. The van der Waals surface area contributed by atoms with Crippen LogP contribution in [-0.4, -0.2) is 31.4 Å². The number of aryl methyl sites for hydroxylation is 1. The van der Waals surface area contributed by atoms with Crippen molar-refractivity contribution in [1.82, 2.24) is 5.32 Å². The molecule has 148 valence electrons. The van der Waals surface area contributed by atoms with Gasteiger partial charge in [-0.15, -0.1) is 0 Å². The number of halogens is 2. The maximum absolute atomic E-state index is 12.3. The number of benzene rings is 2. The summed E-state index contributed by atoms with van der Waals surface area (Å²) in [6.45, 7) is 1.51. The Labute approximate surface area is 173 Å². The Morgan fingerprint density at radius 3 is 2.50 bits per heavy atom. The predicted octanol–water partition coefficient (Wildman–Crippen LogP) is 4.48. The third-order valence-corrected chi connectivity index (χ3v) is 5.13. The summed E-state index contributed by atoms with van der Waals surface area (Å²) in [5.74, 6) is 0.981. The molecule has 0 spiro atoms. The van der Waals surface area contributed by atoms with Gasteiger partial charge in [0.2, 0.25) is 5.91 Å². The van der Waals surface area contributed by atoms with Gasteiger partial charge in [-0.1, -0.05) is 29.3 Å². The highest BCUT2D eigenvalue weighted by Crippen LogP contribution is 2.31. The molecule has 2 aromatic carbocycles. The molecule has 1 aliphatic heterocycles. The van der Waals surface area contributed by atoms with Crippen LogP contribution in [0.3, 0.4) is 0 Å². The van der Waals surface area contributed by atoms with E-state index in [-0.39, 0.29) is 24.5 Å². The summed E-state index contributed by atoms with van der Waals surface area (Å²) in [7, 11) is 0. The van der Waals surface area contributed by atoms with E-state index in [0.717, 1.165) is 18.4 Å². The van der Waals surface area contributed by atoms with Crippen LogP contribution in [0.5, 0.6) is 11.5 Å². The quantitative estimate of drug-likeness (QED) is 0.504. The number of ether oxygens (including phenoxy) is 2. The van der Waals surface area contributed by atoms with Gasteiger partial charge in [-0.2, -0.15) is 0 Å². The summed E-state index contributed by atoms with van der Waals surface area (Å²) in [5.41, 5.74) is 1.59. The Hall–Kier alpha value is -2.24. The second kappa shape index (κ2) is 9.80. The van der Waals surface area contributed by atoms with E-state index in [1.165, 1.54) is 0 Å². The number of carbonyl (C=O) groups is 2. The maximum atomic E-state index is 12.3. The van der Waals surface area contributed by atoms with Gasteiger partial charge >= 0.3 is 0 Å². The van der Waals surface area contributed by atoms with E-state index in [2.05, 4.69) is 5.32 Å². The molecule has 0 radical (unpaired) electrons. The van der Waals surface area contributed by atoms with Crippen molar-refractivity contribution >= 4 is 34.9 Å². The molecule has 0 aliphatic carbocycles. The van der Waals surface area contributed by atoms with Gasteiger partial charge in [0, 0.05) is 24.9 Å². The molecule has 28 heavy (non-hydrogen) atoms. The van der Waals surface area contributed by atoms with Crippen LogP contribution in [0.25, 0.3) is 0 Å². The van der Waals surface area contributed by atoms with Crippen LogP contribution < -0.4 is 14.8 Å². The van der Waals surface area contributed by atoms with Crippen molar-refractivity contribution < 1.29 is 19.1 Å². The molecule has 3 rings (SSSR count). The Morgan fingerprint density at radius 1 is 0.929 bits per heavy atom.